The van der Waals surface area contributed by atoms with E-state index in [0.717, 1.165) is 28.6 Å². The monoisotopic (exact) mass is 324 g/mol. The first-order chi connectivity index (χ1) is 11.1. The van der Waals surface area contributed by atoms with E-state index in [9.17, 15) is 0 Å². The predicted octanol–water partition coefficient (Wildman–Crippen LogP) is 4.63. The van der Waals surface area contributed by atoms with Crippen LogP contribution in [0.25, 0.3) is 11.3 Å². The van der Waals surface area contributed by atoms with Crippen LogP contribution in [-0.2, 0) is 6.42 Å². The molecule has 0 aliphatic rings. The van der Waals surface area contributed by atoms with Gasteiger partial charge >= 0.3 is 0 Å². The predicted molar refractivity (Wildman–Crippen MR) is 97.1 cm³/mol. The minimum atomic E-state index is 0.615. The van der Waals surface area contributed by atoms with E-state index < -0.39 is 0 Å². The molecule has 0 fully saturated rings. The number of nitrogens with two attached hydrogens (primary N) is 1. The van der Waals surface area contributed by atoms with E-state index in [-0.39, 0.29) is 0 Å². The topological polar surface area (TPSA) is 48.1 Å². The largest absolute Gasteiger partial charge is 0.493 e. The van der Waals surface area contributed by atoms with E-state index in [0.29, 0.717) is 6.61 Å². The highest BCUT2D eigenvalue weighted by atomic mass is 32.1. The Labute approximate surface area is 140 Å². The molecule has 0 amide bonds. The maximum absolute atomic E-state index is 5.73. The third-order valence-electron chi connectivity index (χ3n) is 3.67. The molecule has 3 aromatic rings. The summed E-state index contributed by atoms with van der Waals surface area (Å²) in [6, 6.07) is 13.9. The summed E-state index contributed by atoms with van der Waals surface area (Å²) in [5, 5.41) is 3.21. The van der Waals surface area contributed by atoms with E-state index in [4.69, 9.17) is 15.5 Å². The fourth-order valence-electron chi connectivity index (χ4n) is 2.47. The van der Waals surface area contributed by atoms with Crippen molar-refractivity contribution >= 4 is 17.0 Å². The summed E-state index contributed by atoms with van der Waals surface area (Å²) in [6.45, 7) is 4.85. The maximum atomic E-state index is 5.73. The Bertz CT molecular complexity index is 793. The van der Waals surface area contributed by atoms with Gasteiger partial charge in [0.05, 0.1) is 17.3 Å². The minimum absolute atomic E-state index is 0.615. The number of hydrogen-bond acceptors (Lipinski definition) is 4. The number of nitrogen functional groups attached to an aromatic ring is 1. The van der Waals surface area contributed by atoms with Crippen molar-refractivity contribution in [2.24, 2.45) is 0 Å². The van der Waals surface area contributed by atoms with Crippen LogP contribution in [0.2, 0.25) is 0 Å². The summed E-state index contributed by atoms with van der Waals surface area (Å²) < 4.78 is 5.73. The van der Waals surface area contributed by atoms with Gasteiger partial charge in [-0.05, 0) is 43.7 Å². The van der Waals surface area contributed by atoms with Gasteiger partial charge in [0.2, 0.25) is 0 Å². The van der Waals surface area contributed by atoms with Crippen LogP contribution in [0.15, 0.2) is 47.8 Å². The van der Waals surface area contributed by atoms with Crippen molar-refractivity contribution in [2.75, 3.05) is 12.3 Å². The number of ether oxygens (including phenoxy) is 1. The van der Waals surface area contributed by atoms with Crippen molar-refractivity contribution in [1.82, 2.24) is 4.98 Å². The standard InChI is InChI=1S/C19H20N2OS/c1-13-3-8-17(14(2)11-13)18-12-23-19(21-18)9-10-22-16-6-4-15(20)5-7-16/h3-8,11-12H,9-10,20H2,1-2H3. The number of rotatable bonds is 5. The Kier molecular flexibility index (Phi) is 4.63. The van der Waals surface area contributed by atoms with Gasteiger partial charge < -0.3 is 10.5 Å². The molecule has 0 radical (unpaired) electrons. The highest BCUT2D eigenvalue weighted by Gasteiger charge is 2.07. The van der Waals surface area contributed by atoms with Gasteiger partial charge in [0.1, 0.15) is 5.75 Å². The first-order valence-electron chi connectivity index (χ1n) is 7.62. The lowest BCUT2D eigenvalue weighted by atomic mass is 10.0. The number of benzene rings is 2. The summed E-state index contributed by atoms with van der Waals surface area (Å²) in [7, 11) is 0. The molecule has 2 aromatic carbocycles. The lowest BCUT2D eigenvalue weighted by Crippen LogP contribution is -2.01. The van der Waals surface area contributed by atoms with E-state index in [1.165, 1.54) is 16.7 Å². The second-order valence-electron chi connectivity index (χ2n) is 5.61. The number of anilines is 1. The first-order valence-corrected chi connectivity index (χ1v) is 8.50. The van der Waals surface area contributed by atoms with Gasteiger partial charge in [-0.1, -0.05) is 23.8 Å². The second-order valence-corrected chi connectivity index (χ2v) is 6.56. The normalized spacial score (nSPS) is 10.7. The molecule has 0 bridgehead atoms. The quantitative estimate of drug-likeness (QED) is 0.696. The van der Waals surface area contributed by atoms with Crippen LogP contribution in [0, 0.1) is 13.8 Å². The molecule has 0 unspecified atom stereocenters. The van der Waals surface area contributed by atoms with Crippen LogP contribution >= 0.6 is 11.3 Å². The molecule has 0 spiro atoms. The zero-order chi connectivity index (χ0) is 16.2. The Morgan fingerprint density at radius 1 is 1.09 bits per heavy atom. The summed E-state index contributed by atoms with van der Waals surface area (Å²) in [5.74, 6) is 0.838. The number of thiazole rings is 1. The summed E-state index contributed by atoms with van der Waals surface area (Å²) in [5.41, 5.74) is 11.2. The molecular formula is C19H20N2OS. The van der Waals surface area contributed by atoms with Crippen LogP contribution < -0.4 is 10.5 Å². The van der Waals surface area contributed by atoms with Gasteiger partial charge in [-0.25, -0.2) is 4.98 Å². The molecule has 3 nitrogen and oxygen atoms in total. The van der Waals surface area contributed by atoms with Gasteiger partial charge in [0.25, 0.3) is 0 Å². The lowest BCUT2D eigenvalue weighted by molar-refractivity contribution is 0.322. The fraction of sp³-hybridized carbons (Fsp3) is 0.211. The van der Waals surface area contributed by atoms with Crippen molar-refractivity contribution in [1.29, 1.82) is 0 Å². The maximum Gasteiger partial charge on any atom is 0.119 e. The fourth-order valence-corrected chi connectivity index (χ4v) is 3.25. The SMILES string of the molecule is Cc1ccc(-c2csc(CCOc3ccc(N)cc3)n2)c(C)c1. The zero-order valence-electron chi connectivity index (χ0n) is 13.4. The lowest BCUT2D eigenvalue weighted by Gasteiger charge is -2.05. The Morgan fingerprint density at radius 2 is 1.87 bits per heavy atom. The average Bonchev–Trinajstić information content (AvgIpc) is 2.98. The Balaban J connectivity index is 1.62. The van der Waals surface area contributed by atoms with Crippen LogP contribution in [0.1, 0.15) is 16.1 Å². The number of nitrogens with zero attached hydrogens (tertiary/aromatic N) is 1. The van der Waals surface area contributed by atoms with Crippen LogP contribution in [0.3, 0.4) is 0 Å². The van der Waals surface area contributed by atoms with E-state index >= 15 is 0 Å². The van der Waals surface area contributed by atoms with Gasteiger partial charge in [0.15, 0.2) is 0 Å². The van der Waals surface area contributed by atoms with E-state index in [1.807, 2.05) is 24.3 Å². The molecule has 2 N–H and O–H groups in total. The second kappa shape index (κ2) is 6.84. The van der Waals surface area contributed by atoms with Gasteiger partial charge in [0, 0.05) is 23.1 Å². The van der Waals surface area contributed by atoms with Crippen molar-refractivity contribution in [2.45, 2.75) is 20.3 Å². The molecule has 0 saturated heterocycles. The highest BCUT2D eigenvalue weighted by molar-refractivity contribution is 7.09. The smallest absolute Gasteiger partial charge is 0.119 e. The zero-order valence-corrected chi connectivity index (χ0v) is 14.2. The number of aromatic nitrogens is 1. The molecule has 3 rings (SSSR count). The average molecular weight is 324 g/mol. The third kappa shape index (κ3) is 3.90. The molecule has 0 aliphatic heterocycles. The molecule has 118 valence electrons. The van der Waals surface area contributed by atoms with E-state index in [2.05, 4.69) is 37.4 Å². The van der Waals surface area contributed by atoms with Crippen molar-refractivity contribution in [3.8, 4) is 17.0 Å². The van der Waals surface area contributed by atoms with Crippen LogP contribution in [0.5, 0.6) is 5.75 Å². The van der Waals surface area contributed by atoms with Crippen LogP contribution in [-0.4, -0.2) is 11.6 Å². The molecule has 1 heterocycles. The van der Waals surface area contributed by atoms with Crippen LogP contribution in [0.4, 0.5) is 5.69 Å². The number of hydrogen-bond donors (Lipinski definition) is 1. The molecule has 23 heavy (non-hydrogen) atoms. The van der Waals surface area contributed by atoms with Gasteiger partial charge in [-0.15, -0.1) is 11.3 Å². The molecular weight excluding hydrogens is 304 g/mol. The van der Waals surface area contributed by atoms with E-state index in [1.54, 1.807) is 11.3 Å². The van der Waals surface area contributed by atoms with Crippen molar-refractivity contribution in [3.63, 3.8) is 0 Å². The first kappa shape index (κ1) is 15.6. The summed E-state index contributed by atoms with van der Waals surface area (Å²) >= 11 is 1.68. The van der Waals surface area contributed by atoms with Gasteiger partial charge in [-0.3, -0.25) is 0 Å². The number of aryl methyl sites for hydroxylation is 2. The molecule has 1 aromatic heterocycles. The Hall–Kier alpha value is -2.33. The summed E-state index contributed by atoms with van der Waals surface area (Å²) in [6.07, 6.45) is 0.806. The van der Waals surface area contributed by atoms with Gasteiger partial charge in [-0.2, -0.15) is 0 Å². The molecule has 0 aliphatic carbocycles. The molecule has 0 atom stereocenters. The third-order valence-corrected chi connectivity index (χ3v) is 4.58. The minimum Gasteiger partial charge on any atom is -0.493 e. The molecule has 4 heteroatoms. The molecule has 0 saturated carbocycles. The highest BCUT2D eigenvalue weighted by Crippen LogP contribution is 2.26. The van der Waals surface area contributed by atoms with Crippen molar-refractivity contribution < 1.29 is 4.74 Å². The Morgan fingerprint density at radius 3 is 2.61 bits per heavy atom. The summed E-state index contributed by atoms with van der Waals surface area (Å²) in [4.78, 5) is 4.73. The van der Waals surface area contributed by atoms with Crippen molar-refractivity contribution in [3.05, 3.63) is 64.0 Å².